The van der Waals surface area contributed by atoms with Gasteiger partial charge in [-0.15, -0.1) is 0 Å². The van der Waals surface area contributed by atoms with Gasteiger partial charge in [0.1, 0.15) is 5.71 Å². The topological polar surface area (TPSA) is 29.4 Å². The van der Waals surface area contributed by atoms with Crippen LogP contribution in [0.3, 0.4) is 0 Å². The van der Waals surface area contributed by atoms with Crippen LogP contribution in [0.1, 0.15) is 27.7 Å². The lowest BCUT2D eigenvalue weighted by Gasteiger charge is -2.18. The molecule has 0 saturated carbocycles. The van der Waals surface area contributed by atoms with Gasteiger partial charge in [0, 0.05) is 12.6 Å². The molecule has 0 N–H and O–H groups in total. The SMILES string of the molecule is CN=C1C(=O)C(C)=C(C)C(C)=C1C. The lowest BCUT2D eigenvalue weighted by molar-refractivity contribution is -0.109. The van der Waals surface area contributed by atoms with Crippen LogP contribution in [0.25, 0.3) is 0 Å². The van der Waals surface area contributed by atoms with Gasteiger partial charge in [0.05, 0.1) is 0 Å². The van der Waals surface area contributed by atoms with Crippen molar-refractivity contribution in [2.24, 2.45) is 4.99 Å². The van der Waals surface area contributed by atoms with E-state index < -0.39 is 0 Å². The summed E-state index contributed by atoms with van der Waals surface area (Å²) in [6, 6.07) is 0. The molecule has 0 saturated heterocycles. The molecule has 13 heavy (non-hydrogen) atoms. The van der Waals surface area contributed by atoms with E-state index in [0.29, 0.717) is 5.71 Å². The predicted octanol–water partition coefficient (Wildman–Crippen LogP) is 2.31. The first kappa shape index (κ1) is 9.90. The second-order valence-corrected chi connectivity index (χ2v) is 3.40. The van der Waals surface area contributed by atoms with Gasteiger partial charge in [-0.3, -0.25) is 9.79 Å². The highest BCUT2D eigenvalue weighted by molar-refractivity contribution is 6.52. The summed E-state index contributed by atoms with van der Waals surface area (Å²) in [5.74, 6) is 0.0723. The highest BCUT2D eigenvalue weighted by atomic mass is 16.1. The molecule has 2 nitrogen and oxygen atoms in total. The van der Waals surface area contributed by atoms with Gasteiger partial charge in [0.25, 0.3) is 0 Å². The maximum absolute atomic E-state index is 11.7. The van der Waals surface area contributed by atoms with Crippen LogP contribution in [-0.4, -0.2) is 18.5 Å². The van der Waals surface area contributed by atoms with Gasteiger partial charge in [-0.1, -0.05) is 0 Å². The van der Waals surface area contributed by atoms with E-state index in [4.69, 9.17) is 0 Å². The largest absolute Gasteiger partial charge is 0.287 e. The molecule has 0 aliphatic heterocycles. The van der Waals surface area contributed by atoms with Crippen LogP contribution < -0.4 is 0 Å². The average molecular weight is 177 g/mol. The van der Waals surface area contributed by atoms with Crippen molar-refractivity contribution < 1.29 is 4.79 Å². The minimum absolute atomic E-state index is 0.0723. The van der Waals surface area contributed by atoms with Gasteiger partial charge in [-0.2, -0.15) is 0 Å². The third kappa shape index (κ3) is 1.37. The quantitative estimate of drug-likeness (QED) is 0.522. The average Bonchev–Trinajstić information content (AvgIpc) is 2.13. The van der Waals surface area contributed by atoms with Crippen LogP contribution in [0, 0.1) is 0 Å². The first-order valence-electron chi connectivity index (χ1n) is 4.37. The zero-order chi connectivity index (χ0) is 10.2. The summed E-state index contributed by atoms with van der Waals surface area (Å²) in [5, 5.41) is 0. The predicted molar refractivity (Wildman–Crippen MR) is 55.1 cm³/mol. The second-order valence-electron chi connectivity index (χ2n) is 3.40. The van der Waals surface area contributed by atoms with Crippen LogP contribution in [-0.2, 0) is 4.79 Å². The van der Waals surface area contributed by atoms with E-state index in [1.807, 2.05) is 27.7 Å². The van der Waals surface area contributed by atoms with Crippen molar-refractivity contribution in [1.29, 1.82) is 0 Å². The van der Waals surface area contributed by atoms with E-state index >= 15 is 0 Å². The third-order valence-electron chi connectivity index (χ3n) is 2.82. The number of aliphatic imine (C=N–C) groups is 1. The maximum atomic E-state index is 11.7. The molecule has 70 valence electrons. The number of ketones is 1. The zero-order valence-corrected chi connectivity index (χ0v) is 8.86. The molecule has 0 amide bonds. The van der Waals surface area contributed by atoms with E-state index in [-0.39, 0.29) is 5.78 Å². The van der Waals surface area contributed by atoms with Crippen LogP contribution in [0.2, 0.25) is 0 Å². The van der Waals surface area contributed by atoms with Crippen molar-refractivity contribution in [3.63, 3.8) is 0 Å². The fourth-order valence-electron chi connectivity index (χ4n) is 1.53. The zero-order valence-electron chi connectivity index (χ0n) is 8.86. The first-order chi connectivity index (χ1) is 6.00. The summed E-state index contributed by atoms with van der Waals surface area (Å²) in [7, 11) is 1.66. The molecule has 0 aromatic rings. The summed E-state index contributed by atoms with van der Waals surface area (Å²) in [6.07, 6.45) is 0. The Kier molecular flexibility index (Phi) is 2.50. The second kappa shape index (κ2) is 3.29. The van der Waals surface area contributed by atoms with Gasteiger partial charge in [0.2, 0.25) is 5.78 Å². The summed E-state index contributed by atoms with van der Waals surface area (Å²) >= 11 is 0. The molecule has 0 atom stereocenters. The summed E-state index contributed by atoms with van der Waals surface area (Å²) in [6.45, 7) is 7.83. The summed E-state index contributed by atoms with van der Waals surface area (Å²) in [4.78, 5) is 15.7. The number of carbonyl (C=O) groups is 1. The maximum Gasteiger partial charge on any atom is 0.207 e. The molecule has 0 bridgehead atoms. The molecular formula is C11H15NO. The monoisotopic (exact) mass is 177 g/mol. The summed E-state index contributed by atoms with van der Waals surface area (Å²) in [5.41, 5.74) is 4.72. The van der Waals surface area contributed by atoms with Gasteiger partial charge in [-0.25, -0.2) is 0 Å². The fourth-order valence-corrected chi connectivity index (χ4v) is 1.53. The molecule has 0 fully saturated rings. The standard InChI is InChI=1S/C11H15NO/c1-6-7(2)9(4)11(13)10(12-5)8(6)3/h1-5H3. The smallest absolute Gasteiger partial charge is 0.207 e. The number of allylic oxidation sites excluding steroid dienone is 4. The lowest BCUT2D eigenvalue weighted by Crippen LogP contribution is -2.22. The number of nitrogens with zero attached hydrogens (tertiary/aromatic N) is 1. The van der Waals surface area contributed by atoms with Gasteiger partial charge in [-0.05, 0) is 44.4 Å². The van der Waals surface area contributed by atoms with Crippen molar-refractivity contribution >= 4 is 11.5 Å². The Hall–Kier alpha value is -1.18. The molecule has 0 aromatic heterocycles. The molecule has 0 aromatic carbocycles. The normalized spacial score (nSPS) is 21.9. The van der Waals surface area contributed by atoms with Crippen molar-refractivity contribution in [2.45, 2.75) is 27.7 Å². The molecule has 1 aliphatic rings. The number of hydrogen-bond donors (Lipinski definition) is 0. The fraction of sp³-hybridized carbons (Fsp3) is 0.455. The van der Waals surface area contributed by atoms with Crippen LogP contribution in [0.4, 0.5) is 0 Å². The Bertz CT molecular complexity index is 352. The molecule has 0 spiro atoms. The van der Waals surface area contributed by atoms with Gasteiger partial charge in [0.15, 0.2) is 0 Å². The third-order valence-corrected chi connectivity index (χ3v) is 2.82. The number of hydrogen-bond acceptors (Lipinski definition) is 2. The molecule has 0 radical (unpaired) electrons. The Labute approximate surface area is 79.1 Å². The molecule has 1 rings (SSSR count). The Balaban J connectivity index is 3.41. The van der Waals surface area contributed by atoms with Crippen molar-refractivity contribution in [3.8, 4) is 0 Å². The number of Topliss-reactive ketones (excluding diaryl/α,β-unsaturated/α-hetero) is 1. The molecular weight excluding hydrogens is 162 g/mol. The molecule has 1 aliphatic carbocycles. The van der Waals surface area contributed by atoms with E-state index in [1.54, 1.807) is 7.05 Å². The van der Waals surface area contributed by atoms with Gasteiger partial charge >= 0.3 is 0 Å². The van der Waals surface area contributed by atoms with Crippen molar-refractivity contribution in [1.82, 2.24) is 0 Å². The van der Waals surface area contributed by atoms with Gasteiger partial charge < -0.3 is 0 Å². The van der Waals surface area contributed by atoms with Crippen molar-refractivity contribution in [3.05, 3.63) is 22.3 Å². The Morgan fingerprint density at radius 3 is 1.77 bits per heavy atom. The minimum atomic E-state index is 0.0723. The first-order valence-corrected chi connectivity index (χ1v) is 4.37. The molecule has 0 heterocycles. The van der Waals surface area contributed by atoms with E-state index in [2.05, 4.69) is 4.99 Å². The van der Waals surface area contributed by atoms with E-state index in [1.165, 1.54) is 5.57 Å². The Morgan fingerprint density at radius 1 is 0.846 bits per heavy atom. The van der Waals surface area contributed by atoms with Crippen LogP contribution >= 0.6 is 0 Å². The lowest BCUT2D eigenvalue weighted by atomic mass is 9.86. The number of carbonyl (C=O) groups excluding carboxylic acids is 1. The van der Waals surface area contributed by atoms with E-state index in [0.717, 1.165) is 16.7 Å². The molecule has 2 heteroatoms. The molecule has 0 unspecified atom stereocenters. The van der Waals surface area contributed by atoms with Crippen LogP contribution in [0.5, 0.6) is 0 Å². The number of rotatable bonds is 0. The van der Waals surface area contributed by atoms with Crippen molar-refractivity contribution in [2.75, 3.05) is 7.05 Å². The van der Waals surface area contributed by atoms with E-state index in [9.17, 15) is 4.79 Å². The van der Waals surface area contributed by atoms with Crippen LogP contribution in [0.15, 0.2) is 27.3 Å². The summed E-state index contributed by atoms with van der Waals surface area (Å²) < 4.78 is 0. The highest BCUT2D eigenvalue weighted by Gasteiger charge is 2.23. The highest BCUT2D eigenvalue weighted by Crippen LogP contribution is 2.25. The Morgan fingerprint density at radius 2 is 1.31 bits per heavy atom. The minimum Gasteiger partial charge on any atom is -0.287 e.